The first-order valence-electron chi connectivity index (χ1n) is 2.51. The molecule has 0 radical (unpaired) electrons. The van der Waals surface area contributed by atoms with Crippen LogP contribution in [0.2, 0.25) is 5.02 Å². The van der Waals surface area contributed by atoms with Crippen LogP contribution in [0.15, 0.2) is 12.4 Å². The van der Waals surface area contributed by atoms with Gasteiger partial charge < -0.3 is 0 Å². The van der Waals surface area contributed by atoms with Crippen LogP contribution in [-0.4, -0.2) is 9.78 Å². The average Bonchev–Trinajstić information content (AvgIpc) is 2.14. The zero-order valence-electron chi connectivity index (χ0n) is 4.63. The van der Waals surface area contributed by atoms with Gasteiger partial charge in [-0.2, -0.15) is 5.10 Å². The molecule has 0 saturated heterocycles. The molecule has 0 bridgehead atoms. The molecule has 0 N–H and O–H groups in total. The number of halogens is 1. The topological polar surface area (TPSA) is 17.8 Å². The standard InChI is InChI=1S/C5H7ClN2/c1-2-8-4-5(6)3-7-8/h3-4H,2H2,1H3. The maximum absolute atomic E-state index is 5.56. The minimum absolute atomic E-state index is 0.701. The normalized spacial score (nSPS) is 9.75. The van der Waals surface area contributed by atoms with Gasteiger partial charge in [-0.25, -0.2) is 0 Å². The van der Waals surface area contributed by atoms with Gasteiger partial charge in [-0.05, 0) is 6.92 Å². The number of aromatic nitrogens is 2. The summed E-state index contributed by atoms with van der Waals surface area (Å²) in [7, 11) is 0. The molecule has 2 nitrogen and oxygen atoms in total. The van der Waals surface area contributed by atoms with Crippen LogP contribution in [0.5, 0.6) is 0 Å². The van der Waals surface area contributed by atoms with Gasteiger partial charge in [-0.15, -0.1) is 0 Å². The molecule has 8 heavy (non-hydrogen) atoms. The Morgan fingerprint density at radius 2 is 2.62 bits per heavy atom. The molecule has 0 amide bonds. The first-order chi connectivity index (χ1) is 3.83. The van der Waals surface area contributed by atoms with Gasteiger partial charge in [-0.3, -0.25) is 4.68 Å². The minimum atomic E-state index is 0.701. The lowest BCUT2D eigenvalue weighted by Gasteiger charge is -1.87. The summed E-state index contributed by atoms with van der Waals surface area (Å²) in [6.45, 7) is 2.90. The third-order valence-corrected chi connectivity index (χ3v) is 1.12. The zero-order chi connectivity index (χ0) is 5.98. The molecule has 1 aromatic rings. The summed E-state index contributed by atoms with van der Waals surface area (Å²) < 4.78 is 1.78. The minimum Gasteiger partial charge on any atom is -0.271 e. The predicted molar refractivity (Wildman–Crippen MR) is 32.9 cm³/mol. The van der Waals surface area contributed by atoms with Crippen molar-refractivity contribution in [1.29, 1.82) is 0 Å². The molecule has 1 aromatic heterocycles. The Bertz CT molecular complexity index is 171. The highest BCUT2D eigenvalue weighted by atomic mass is 35.5. The summed E-state index contributed by atoms with van der Waals surface area (Å²) in [6, 6.07) is 0. The molecule has 3 heteroatoms. The van der Waals surface area contributed by atoms with Gasteiger partial charge in [0.1, 0.15) is 0 Å². The van der Waals surface area contributed by atoms with E-state index in [0.717, 1.165) is 6.54 Å². The van der Waals surface area contributed by atoms with E-state index in [1.54, 1.807) is 17.1 Å². The predicted octanol–water partition coefficient (Wildman–Crippen LogP) is 1.56. The van der Waals surface area contributed by atoms with Crippen LogP contribution in [0.4, 0.5) is 0 Å². The second kappa shape index (κ2) is 2.18. The van der Waals surface area contributed by atoms with E-state index < -0.39 is 0 Å². The average molecular weight is 131 g/mol. The van der Waals surface area contributed by atoms with Crippen LogP contribution in [0.1, 0.15) is 6.92 Å². The molecule has 0 unspecified atom stereocenters. The fourth-order valence-corrected chi connectivity index (χ4v) is 0.668. The molecule has 1 rings (SSSR count). The molecule has 0 spiro atoms. The van der Waals surface area contributed by atoms with Gasteiger partial charge in [-0.1, -0.05) is 11.6 Å². The molecule has 0 aliphatic carbocycles. The van der Waals surface area contributed by atoms with Crippen LogP contribution in [0.25, 0.3) is 0 Å². The third-order valence-electron chi connectivity index (χ3n) is 0.926. The Morgan fingerprint density at radius 3 is 2.88 bits per heavy atom. The van der Waals surface area contributed by atoms with Crippen molar-refractivity contribution in [3.63, 3.8) is 0 Å². The second-order valence-corrected chi connectivity index (χ2v) is 1.95. The maximum Gasteiger partial charge on any atom is 0.0785 e. The molecular weight excluding hydrogens is 124 g/mol. The monoisotopic (exact) mass is 130 g/mol. The van der Waals surface area contributed by atoms with Crippen molar-refractivity contribution < 1.29 is 0 Å². The maximum atomic E-state index is 5.56. The number of aryl methyl sites for hydroxylation is 1. The molecule has 0 aliphatic rings. The SMILES string of the molecule is CCn1cc(Cl)cn1. The van der Waals surface area contributed by atoms with E-state index in [-0.39, 0.29) is 0 Å². The Morgan fingerprint density at radius 1 is 1.88 bits per heavy atom. The Labute approximate surface area is 53.1 Å². The van der Waals surface area contributed by atoms with Gasteiger partial charge in [0.05, 0.1) is 11.2 Å². The van der Waals surface area contributed by atoms with Crippen LogP contribution in [-0.2, 0) is 6.54 Å². The van der Waals surface area contributed by atoms with Crippen LogP contribution < -0.4 is 0 Å². The van der Waals surface area contributed by atoms with Crippen molar-refractivity contribution in [2.24, 2.45) is 0 Å². The smallest absolute Gasteiger partial charge is 0.0785 e. The Kier molecular flexibility index (Phi) is 1.53. The van der Waals surface area contributed by atoms with E-state index in [0.29, 0.717) is 5.02 Å². The van der Waals surface area contributed by atoms with Crippen molar-refractivity contribution in [1.82, 2.24) is 9.78 Å². The summed E-state index contributed by atoms with van der Waals surface area (Å²) in [5, 5.41) is 4.62. The fourth-order valence-electron chi connectivity index (χ4n) is 0.511. The fraction of sp³-hybridized carbons (Fsp3) is 0.400. The van der Waals surface area contributed by atoms with Gasteiger partial charge >= 0.3 is 0 Å². The number of rotatable bonds is 1. The van der Waals surface area contributed by atoms with E-state index in [1.807, 2.05) is 6.92 Å². The summed E-state index contributed by atoms with van der Waals surface area (Å²) in [5.41, 5.74) is 0. The van der Waals surface area contributed by atoms with E-state index in [2.05, 4.69) is 5.10 Å². The van der Waals surface area contributed by atoms with Gasteiger partial charge in [0.25, 0.3) is 0 Å². The van der Waals surface area contributed by atoms with Gasteiger partial charge in [0, 0.05) is 12.7 Å². The van der Waals surface area contributed by atoms with E-state index in [4.69, 9.17) is 11.6 Å². The summed E-state index contributed by atoms with van der Waals surface area (Å²) in [5.74, 6) is 0. The second-order valence-electron chi connectivity index (χ2n) is 1.51. The molecule has 44 valence electrons. The van der Waals surface area contributed by atoms with E-state index >= 15 is 0 Å². The summed E-state index contributed by atoms with van der Waals surface area (Å²) in [4.78, 5) is 0. The van der Waals surface area contributed by atoms with E-state index in [1.165, 1.54) is 0 Å². The van der Waals surface area contributed by atoms with Crippen molar-refractivity contribution in [2.45, 2.75) is 13.5 Å². The number of hydrogen-bond acceptors (Lipinski definition) is 1. The molecule has 0 atom stereocenters. The van der Waals surface area contributed by atoms with E-state index in [9.17, 15) is 0 Å². The summed E-state index contributed by atoms with van der Waals surface area (Å²) >= 11 is 5.56. The highest BCUT2D eigenvalue weighted by Crippen LogP contribution is 2.03. The van der Waals surface area contributed by atoms with Crippen LogP contribution in [0, 0.1) is 0 Å². The highest BCUT2D eigenvalue weighted by Gasteiger charge is 1.88. The molecule has 0 aromatic carbocycles. The number of hydrogen-bond donors (Lipinski definition) is 0. The molecule has 1 heterocycles. The first-order valence-corrected chi connectivity index (χ1v) is 2.88. The quantitative estimate of drug-likeness (QED) is 0.564. The lowest BCUT2D eigenvalue weighted by atomic mass is 10.7. The molecule has 0 fully saturated rings. The van der Waals surface area contributed by atoms with Gasteiger partial charge in [0.15, 0.2) is 0 Å². The van der Waals surface area contributed by atoms with Crippen molar-refractivity contribution in [2.75, 3.05) is 0 Å². The van der Waals surface area contributed by atoms with Crippen LogP contribution >= 0.6 is 11.6 Å². The Hall–Kier alpha value is -0.500. The lowest BCUT2D eigenvalue weighted by Crippen LogP contribution is -1.91. The third kappa shape index (κ3) is 1.01. The van der Waals surface area contributed by atoms with Crippen molar-refractivity contribution >= 4 is 11.6 Å². The van der Waals surface area contributed by atoms with Crippen molar-refractivity contribution in [3.05, 3.63) is 17.4 Å². The Balaban J connectivity index is 2.84. The molecular formula is C5H7ClN2. The lowest BCUT2D eigenvalue weighted by molar-refractivity contribution is 0.660. The van der Waals surface area contributed by atoms with Crippen LogP contribution in [0.3, 0.4) is 0 Å². The van der Waals surface area contributed by atoms with Crippen molar-refractivity contribution in [3.8, 4) is 0 Å². The molecule has 0 saturated carbocycles. The largest absolute Gasteiger partial charge is 0.271 e. The summed E-state index contributed by atoms with van der Waals surface area (Å²) in [6.07, 6.45) is 3.42. The first kappa shape index (κ1) is 5.63. The van der Waals surface area contributed by atoms with Gasteiger partial charge in [0.2, 0.25) is 0 Å². The highest BCUT2D eigenvalue weighted by molar-refractivity contribution is 6.30. The molecule has 0 aliphatic heterocycles. The zero-order valence-corrected chi connectivity index (χ0v) is 5.39. The number of nitrogens with zero attached hydrogens (tertiary/aromatic N) is 2.